The highest BCUT2D eigenvalue weighted by Crippen LogP contribution is 2.36. The summed E-state index contributed by atoms with van der Waals surface area (Å²) in [5.74, 6) is -0.969. The Kier molecular flexibility index (Phi) is 37.8. The van der Waals surface area contributed by atoms with Crippen LogP contribution in [0.25, 0.3) is 0 Å². The molecule has 53 heavy (non-hydrogen) atoms. The van der Waals surface area contributed by atoms with Crippen LogP contribution in [-0.2, 0) is 28.2 Å². The zero-order chi connectivity index (χ0) is 38.9. The van der Waals surface area contributed by atoms with Crippen LogP contribution in [0.5, 0.6) is 0 Å². The van der Waals surface area contributed by atoms with Gasteiger partial charge in [0.05, 0.1) is 6.61 Å². The van der Waals surface area contributed by atoms with Crippen molar-refractivity contribution in [1.29, 1.82) is 0 Å². The maximum atomic E-state index is 12.3. The lowest BCUT2D eigenvalue weighted by Gasteiger charge is -2.18. The molecule has 0 aliphatic carbocycles. The second kappa shape index (κ2) is 39.4. The number of phosphoric acid groups is 1. The monoisotopic (exact) mass is 765 g/mol. The second-order valence-electron chi connectivity index (χ2n) is 14.1. The van der Waals surface area contributed by atoms with E-state index in [9.17, 15) is 14.2 Å². The molecular weight excluding hydrogens is 687 g/mol. The molecule has 0 fully saturated rings. The summed E-state index contributed by atoms with van der Waals surface area (Å²) in [4.78, 5) is 42.7. The average molecular weight is 765 g/mol. The van der Waals surface area contributed by atoms with Crippen molar-refractivity contribution in [3.8, 4) is 0 Å². The zero-order valence-electron chi connectivity index (χ0n) is 33.6. The van der Waals surface area contributed by atoms with Crippen LogP contribution in [0.1, 0.15) is 187 Å². The normalized spacial score (nSPS) is 13.1. The van der Waals surface area contributed by atoms with E-state index in [-0.39, 0.29) is 19.4 Å². The topological polar surface area (TPSA) is 119 Å². The van der Waals surface area contributed by atoms with Gasteiger partial charge in [-0.2, -0.15) is 0 Å². The number of phosphoric ester groups is 1. The van der Waals surface area contributed by atoms with E-state index >= 15 is 0 Å². The maximum Gasteiger partial charge on any atom is 0.469 e. The minimum absolute atomic E-state index is 0.115. The molecule has 0 aliphatic rings. The number of allylic oxidation sites excluding steroid dienone is 10. The molecule has 2 N–H and O–H groups in total. The molecule has 0 aromatic heterocycles. The van der Waals surface area contributed by atoms with E-state index in [0.29, 0.717) is 19.3 Å². The van der Waals surface area contributed by atoms with Gasteiger partial charge in [0.1, 0.15) is 6.61 Å². The summed E-state index contributed by atoms with van der Waals surface area (Å²) in [6.07, 6.45) is 49.7. The Hall–Kier alpha value is -2.25. The summed E-state index contributed by atoms with van der Waals surface area (Å²) in [5.41, 5.74) is 0. The number of ether oxygens (including phenoxy) is 2. The van der Waals surface area contributed by atoms with Gasteiger partial charge < -0.3 is 19.3 Å². The summed E-state index contributed by atoms with van der Waals surface area (Å²) in [6.45, 7) is 3.49. The summed E-state index contributed by atoms with van der Waals surface area (Å²) in [6, 6.07) is 0. The third-order valence-electron chi connectivity index (χ3n) is 8.93. The molecule has 0 radical (unpaired) electrons. The molecule has 8 nitrogen and oxygen atoms in total. The molecule has 306 valence electrons. The van der Waals surface area contributed by atoms with Crippen LogP contribution >= 0.6 is 7.82 Å². The largest absolute Gasteiger partial charge is 0.469 e. The van der Waals surface area contributed by atoms with Gasteiger partial charge in [0.2, 0.25) is 0 Å². The van der Waals surface area contributed by atoms with E-state index < -0.39 is 32.5 Å². The van der Waals surface area contributed by atoms with Crippen molar-refractivity contribution in [2.24, 2.45) is 0 Å². The third-order valence-corrected chi connectivity index (χ3v) is 9.41. The van der Waals surface area contributed by atoms with Crippen LogP contribution in [0.15, 0.2) is 60.8 Å². The average Bonchev–Trinajstić information content (AvgIpc) is 3.13. The standard InChI is InChI=1S/C44H77O8P/c1-3-5-7-9-11-13-15-17-18-19-20-21-22-23-24-25-27-28-30-32-34-36-38-43(45)50-40-42(41-51-53(47,48)49)52-44(46)39-37-35-33-31-29-26-16-14-12-10-8-6-4-2/h6,8,10,12,14,16,26,29,31,33,42H,3-5,7,9,11,13,15,17-25,27-28,30,32,34-41H2,1-2H3,(H2,47,48,49)/b8-6+,12-10+,16-14+,29-26+,33-31+. The number of carbonyl (C=O) groups excluding carboxylic acids is 2. The summed E-state index contributed by atoms with van der Waals surface area (Å²) in [5, 5.41) is 0. The van der Waals surface area contributed by atoms with Gasteiger partial charge in [0, 0.05) is 12.8 Å². The molecule has 0 aromatic rings. The third kappa shape index (κ3) is 42.4. The summed E-state index contributed by atoms with van der Waals surface area (Å²) >= 11 is 0. The van der Waals surface area contributed by atoms with Gasteiger partial charge in [-0.3, -0.25) is 14.1 Å². The van der Waals surface area contributed by atoms with E-state index in [4.69, 9.17) is 19.3 Å². The molecule has 0 aromatic carbocycles. The zero-order valence-corrected chi connectivity index (χ0v) is 34.5. The van der Waals surface area contributed by atoms with E-state index in [1.807, 2.05) is 54.7 Å². The highest BCUT2D eigenvalue weighted by molar-refractivity contribution is 7.46. The number of hydrogen-bond acceptors (Lipinski definition) is 6. The van der Waals surface area contributed by atoms with Gasteiger partial charge in [0.15, 0.2) is 6.10 Å². The lowest BCUT2D eigenvalue weighted by atomic mass is 10.0. The lowest BCUT2D eigenvalue weighted by Crippen LogP contribution is -2.29. The molecule has 0 bridgehead atoms. The molecule has 0 heterocycles. The Labute approximate surface area is 324 Å². The van der Waals surface area contributed by atoms with Crippen molar-refractivity contribution < 1.29 is 37.9 Å². The first kappa shape index (κ1) is 50.8. The van der Waals surface area contributed by atoms with Crippen molar-refractivity contribution in [1.82, 2.24) is 0 Å². The van der Waals surface area contributed by atoms with Gasteiger partial charge in [-0.25, -0.2) is 4.57 Å². The Morgan fingerprint density at radius 1 is 0.509 bits per heavy atom. The second-order valence-corrected chi connectivity index (χ2v) is 15.3. The fourth-order valence-corrected chi connectivity index (χ4v) is 6.18. The van der Waals surface area contributed by atoms with Gasteiger partial charge in [-0.15, -0.1) is 0 Å². The van der Waals surface area contributed by atoms with Gasteiger partial charge in [0.25, 0.3) is 0 Å². The van der Waals surface area contributed by atoms with E-state index in [2.05, 4.69) is 24.4 Å². The highest BCUT2D eigenvalue weighted by atomic mass is 31.2. The van der Waals surface area contributed by atoms with Crippen molar-refractivity contribution >= 4 is 19.8 Å². The number of rotatable bonds is 38. The van der Waals surface area contributed by atoms with E-state index in [1.54, 1.807) is 0 Å². The molecule has 1 unspecified atom stereocenters. The van der Waals surface area contributed by atoms with Crippen LogP contribution in [0.4, 0.5) is 0 Å². The first-order chi connectivity index (χ1) is 25.8. The number of esters is 2. The molecule has 0 saturated carbocycles. The predicted octanol–water partition coefficient (Wildman–Crippen LogP) is 12.9. The van der Waals surface area contributed by atoms with Crippen LogP contribution in [0.3, 0.4) is 0 Å². The molecule has 0 rings (SSSR count). The number of unbranched alkanes of at least 4 members (excludes halogenated alkanes) is 22. The molecule has 0 amide bonds. The minimum Gasteiger partial charge on any atom is -0.462 e. The lowest BCUT2D eigenvalue weighted by molar-refractivity contribution is -0.161. The van der Waals surface area contributed by atoms with Crippen LogP contribution in [-0.4, -0.2) is 41.0 Å². The molecule has 0 saturated heterocycles. The molecule has 1 atom stereocenters. The van der Waals surface area contributed by atoms with Crippen molar-refractivity contribution in [3.63, 3.8) is 0 Å². The number of hydrogen-bond donors (Lipinski definition) is 2. The summed E-state index contributed by atoms with van der Waals surface area (Å²) in [7, 11) is -4.77. The smallest absolute Gasteiger partial charge is 0.462 e. The Bertz CT molecular complexity index is 1040. The van der Waals surface area contributed by atoms with E-state index in [0.717, 1.165) is 19.3 Å². The van der Waals surface area contributed by atoms with Gasteiger partial charge in [-0.05, 0) is 25.7 Å². The first-order valence-corrected chi connectivity index (χ1v) is 22.7. The van der Waals surface area contributed by atoms with Crippen molar-refractivity contribution in [2.75, 3.05) is 13.2 Å². The van der Waals surface area contributed by atoms with E-state index in [1.165, 1.54) is 122 Å². The van der Waals surface area contributed by atoms with Gasteiger partial charge >= 0.3 is 19.8 Å². The molecule has 0 aliphatic heterocycles. The van der Waals surface area contributed by atoms with Crippen LogP contribution in [0, 0.1) is 0 Å². The van der Waals surface area contributed by atoms with Crippen LogP contribution in [0.2, 0.25) is 0 Å². The molecular formula is C44H77O8P. The Balaban J connectivity index is 3.90. The fourth-order valence-electron chi connectivity index (χ4n) is 5.82. The van der Waals surface area contributed by atoms with Crippen LogP contribution < -0.4 is 0 Å². The minimum atomic E-state index is -4.77. The maximum absolute atomic E-state index is 12.3. The quantitative estimate of drug-likeness (QED) is 0.0276. The summed E-state index contributed by atoms with van der Waals surface area (Å²) < 4.78 is 26.3. The van der Waals surface area contributed by atoms with Crippen molar-refractivity contribution in [3.05, 3.63) is 60.8 Å². The van der Waals surface area contributed by atoms with Crippen molar-refractivity contribution in [2.45, 2.75) is 193 Å². The first-order valence-electron chi connectivity index (χ1n) is 21.1. The fraction of sp³-hybridized carbons (Fsp3) is 0.727. The van der Waals surface area contributed by atoms with Gasteiger partial charge in [-0.1, -0.05) is 209 Å². The SMILES string of the molecule is CC/C=C/C=C/C=C/C=C/C=C/CCCC(=O)OC(COC(=O)CCCCCCCCCCCCCCCCCCCCCCCC)COP(=O)(O)O. The Morgan fingerprint density at radius 2 is 0.906 bits per heavy atom. The Morgan fingerprint density at radius 3 is 1.34 bits per heavy atom. The number of carbonyl (C=O) groups is 2. The molecule has 0 spiro atoms. The molecule has 9 heteroatoms. The predicted molar refractivity (Wildman–Crippen MR) is 221 cm³/mol. The highest BCUT2D eigenvalue weighted by Gasteiger charge is 2.22.